The fraction of sp³-hybridized carbons (Fsp3) is 0.240. The number of amides is 1. The van der Waals surface area contributed by atoms with Gasteiger partial charge in [0.15, 0.2) is 16.4 Å². The summed E-state index contributed by atoms with van der Waals surface area (Å²) in [5.74, 6) is -2.19. The van der Waals surface area contributed by atoms with E-state index in [1.807, 2.05) is 38.1 Å². The van der Waals surface area contributed by atoms with Crippen LogP contribution in [0.25, 0.3) is 0 Å². The molecule has 0 radical (unpaired) electrons. The number of anilines is 1. The molecule has 176 valence electrons. The van der Waals surface area contributed by atoms with E-state index in [9.17, 15) is 18.0 Å². The minimum atomic E-state index is -3.71. The van der Waals surface area contributed by atoms with Gasteiger partial charge in [-0.15, -0.1) is 0 Å². The van der Waals surface area contributed by atoms with E-state index < -0.39 is 34.1 Å². The van der Waals surface area contributed by atoms with Crippen molar-refractivity contribution in [2.45, 2.75) is 30.9 Å². The van der Waals surface area contributed by atoms with Gasteiger partial charge in [-0.3, -0.25) is 4.79 Å². The smallest absolute Gasteiger partial charge is 0.375 e. The highest BCUT2D eigenvalue weighted by atomic mass is 32.2. The third kappa shape index (κ3) is 6.11. The Bertz CT molecular complexity index is 1300. The van der Waals surface area contributed by atoms with E-state index in [1.54, 1.807) is 18.2 Å². The molecule has 0 aliphatic rings. The predicted molar refractivity (Wildman–Crippen MR) is 125 cm³/mol. The van der Waals surface area contributed by atoms with Gasteiger partial charge >= 0.3 is 5.97 Å². The van der Waals surface area contributed by atoms with Crippen LogP contribution in [-0.2, 0) is 25.1 Å². The summed E-state index contributed by atoms with van der Waals surface area (Å²) in [6.45, 7) is 3.33. The van der Waals surface area contributed by atoms with Crippen LogP contribution >= 0.6 is 0 Å². The summed E-state index contributed by atoms with van der Waals surface area (Å²) in [5.41, 5.74) is 2.63. The first-order valence-electron chi connectivity index (χ1n) is 10.5. The highest BCUT2D eigenvalue weighted by molar-refractivity contribution is 7.90. The molecular formula is C25H24N2O6S. The lowest BCUT2D eigenvalue weighted by Gasteiger charge is -2.22. The van der Waals surface area contributed by atoms with Crippen LogP contribution in [0.5, 0.6) is 0 Å². The van der Waals surface area contributed by atoms with Gasteiger partial charge in [-0.2, -0.15) is 5.26 Å². The van der Waals surface area contributed by atoms with Crippen LogP contribution in [0.1, 0.15) is 33.7 Å². The van der Waals surface area contributed by atoms with Crippen molar-refractivity contribution in [2.75, 3.05) is 18.1 Å². The molecular weight excluding hydrogens is 456 g/mol. The van der Waals surface area contributed by atoms with Gasteiger partial charge in [-0.05, 0) is 55.3 Å². The second kappa shape index (κ2) is 10.8. The average Bonchev–Trinajstić information content (AvgIpc) is 3.25. The molecule has 3 rings (SSSR count). The van der Waals surface area contributed by atoms with Crippen LogP contribution in [0.2, 0.25) is 0 Å². The average molecular weight is 481 g/mol. The monoisotopic (exact) mass is 480 g/mol. The number of aryl methyl sites for hydroxylation is 2. The van der Waals surface area contributed by atoms with E-state index in [-0.39, 0.29) is 29.2 Å². The Labute approximate surface area is 198 Å². The lowest BCUT2D eigenvalue weighted by molar-refractivity contribution is -0.121. The van der Waals surface area contributed by atoms with Gasteiger partial charge in [-0.1, -0.05) is 24.3 Å². The molecule has 1 aromatic heterocycles. The summed E-state index contributed by atoms with van der Waals surface area (Å²) >= 11 is 0. The number of sulfone groups is 1. The Hall–Kier alpha value is -3.90. The van der Waals surface area contributed by atoms with Crippen LogP contribution in [0, 0.1) is 25.2 Å². The predicted octanol–water partition coefficient (Wildman–Crippen LogP) is 3.97. The molecule has 0 aliphatic carbocycles. The van der Waals surface area contributed by atoms with Gasteiger partial charge in [0, 0.05) is 17.8 Å². The zero-order valence-corrected chi connectivity index (χ0v) is 19.7. The Morgan fingerprint density at radius 1 is 1.06 bits per heavy atom. The number of carbonyl (C=O) groups is 2. The number of hydrogen-bond acceptors (Lipinski definition) is 7. The number of ether oxygens (including phenoxy) is 1. The topological polar surface area (TPSA) is 118 Å². The van der Waals surface area contributed by atoms with E-state index in [1.165, 1.54) is 29.4 Å². The van der Waals surface area contributed by atoms with E-state index in [2.05, 4.69) is 0 Å². The number of carbonyl (C=O) groups excluding carboxylic acids is 2. The van der Waals surface area contributed by atoms with Crippen molar-refractivity contribution in [1.82, 2.24) is 0 Å². The van der Waals surface area contributed by atoms with Crippen LogP contribution in [-0.4, -0.2) is 33.4 Å². The largest absolute Gasteiger partial charge is 0.457 e. The van der Waals surface area contributed by atoms with Crippen molar-refractivity contribution in [3.05, 3.63) is 83.3 Å². The molecule has 0 spiro atoms. The summed E-state index contributed by atoms with van der Waals surface area (Å²) in [5, 5.41) is 8.97. The number of furan rings is 1. The molecule has 0 unspecified atom stereocenters. The summed E-state index contributed by atoms with van der Waals surface area (Å²) in [6, 6.07) is 16.8. The molecule has 0 fully saturated rings. The molecule has 9 heteroatoms. The first-order chi connectivity index (χ1) is 16.2. The quantitative estimate of drug-likeness (QED) is 0.425. The minimum Gasteiger partial charge on any atom is -0.457 e. The minimum absolute atomic E-state index is 0.104. The zero-order valence-electron chi connectivity index (χ0n) is 18.9. The molecule has 1 heterocycles. The Morgan fingerprint density at radius 2 is 1.74 bits per heavy atom. The van der Waals surface area contributed by atoms with E-state index in [0.29, 0.717) is 5.69 Å². The van der Waals surface area contributed by atoms with E-state index >= 15 is 0 Å². The molecule has 3 aromatic rings. The Balaban J connectivity index is 1.72. The van der Waals surface area contributed by atoms with Gasteiger partial charge in [-0.25, -0.2) is 13.2 Å². The Kier molecular flexibility index (Phi) is 7.87. The van der Waals surface area contributed by atoms with Gasteiger partial charge < -0.3 is 14.1 Å². The van der Waals surface area contributed by atoms with Gasteiger partial charge in [0.05, 0.1) is 29.4 Å². The van der Waals surface area contributed by atoms with Crippen molar-refractivity contribution < 1.29 is 27.2 Å². The lowest BCUT2D eigenvalue weighted by Crippen LogP contribution is -2.35. The van der Waals surface area contributed by atoms with Crippen molar-refractivity contribution in [1.29, 1.82) is 5.26 Å². The molecule has 0 saturated carbocycles. The lowest BCUT2D eigenvalue weighted by atomic mass is 10.1. The Morgan fingerprint density at radius 3 is 2.38 bits per heavy atom. The molecule has 8 nitrogen and oxygen atoms in total. The molecule has 0 atom stereocenters. The first-order valence-corrected chi connectivity index (χ1v) is 12.1. The number of hydrogen-bond donors (Lipinski definition) is 0. The maximum Gasteiger partial charge on any atom is 0.375 e. The molecule has 1 amide bonds. The standard InChI is InChI=1S/C25H24N2O6S/c1-18-13-19(2)15-21(14-18)27(11-6-10-26)23(28)16-33-25(29)24-20(9-12-32-24)17-34(30,31)22-7-4-3-5-8-22/h3-5,7-9,12-15H,6,11,16-17H2,1-2H3. The van der Waals surface area contributed by atoms with Crippen molar-refractivity contribution in [2.24, 2.45) is 0 Å². The summed E-state index contributed by atoms with van der Waals surface area (Å²) in [6.07, 6.45) is 1.30. The third-order valence-corrected chi connectivity index (χ3v) is 6.65. The fourth-order valence-electron chi connectivity index (χ4n) is 3.48. The van der Waals surface area contributed by atoms with Gasteiger partial charge in [0.1, 0.15) is 0 Å². The van der Waals surface area contributed by atoms with Crippen molar-refractivity contribution in [3.63, 3.8) is 0 Å². The molecule has 0 aliphatic heterocycles. The maximum absolute atomic E-state index is 12.9. The molecule has 0 saturated heterocycles. The van der Waals surface area contributed by atoms with Crippen LogP contribution in [0.4, 0.5) is 5.69 Å². The SMILES string of the molecule is Cc1cc(C)cc(N(CCC#N)C(=O)COC(=O)c2occc2CS(=O)(=O)c2ccccc2)c1. The van der Waals surface area contributed by atoms with Crippen LogP contribution < -0.4 is 4.90 Å². The van der Waals surface area contributed by atoms with Crippen LogP contribution in [0.15, 0.2) is 70.2 Å². The number of benzene rings is 2. The number of nitrogens with zero attached hydrogens (tertiary/aromatic N) is 2. The highest BCUT2D eigenvalue weighted by Gasteiger charge is 2.25. The molecule has 0 N–H and O–H groups in total. The normalized spacial score (nSPS) is 11.0. The van der Waals surface area contributed by atoms with E-state index in [0.717, 1.165) is 11.1 Å². The molecule has 2 aromatic carbocycles. The van der Waals surface area contributed by atoms with Crippen molar-refractivity contribution in [3.8, 4) is 6.07 Å². The number of esters is 1. The molecule has 34 heavy (non-hydrogen) atoms. The first kappa shape index (κ1) is 24.7. The fourth-order valence-corrected chi connectivity index (χ4v) is 4.86. The summed E-state index contributed by atoms with van der Waals surface area (Å²) in [4.78, 5) is 27.0. The summed E-state index contributed by atoms with van der Waals surface area (Å²) < 4.78 is 35.6. The van der Waals surface area contributed by atoms with Crippen molar-refractivity contribution >= 4 is 27.4 Å². The zero-order chi connectivity index (χ0) is 24.7. The van der Waals surface area contributed by atoms with Gasteiger partial charge in [0.25, 0.3) is 5.91 Å². The van der Waals surface area contributed by atoms with Gasteiger partial charge in [0.2, 0.25) is 5.76 Å². The summed E-state index contributed by atoms with van der Waals surface area (Å²) in [7, 11) is -3.71. The second-order valence-electron chi connectivity index (χ2n) is 7.72. The number of rotatable bonds is 9. The molecule has 0 bridgehead atoms. The number of nitriles is 1. The van der Waals surface area contributed by atoms with Crippen LogP contribution in [0.3, 0.4) is 0 Å². The second-order valence-corrected chi connectivity index (χ2v) is 9.71. The van der Waals surface area contributed by atoms with E-state index in [4.69, 9.17) is 14.4 Å². The third-order valence-electron chi connectivity index (χ3n) is 4.97. The maximum atomic E-state index is 12.9. The highest BCUT2D eigenvalue weighted by Crippen LogP contribution is 2.22.